The second kappa shape index (κ2) is 6.40. The molecule has 3 aromatic rings. The maximum atomic E-state index is 11.3. The molecule has 8 nitrogen and oxygen atoms in total. The molecule has 0 spiro atoms. The predicted octanol–water partition coefficient (Wildman–Crippen LogP) is 3.32. The molecule has 9 heteroatoms. The van der Waals surface area contributed by atoms with Crippen molar-refractivity contribution in [3.8, 4) is 5.69 Å². The van der Waals surface area contributed by atoms with Crippen molar-refractivity contribution in [1.29, 1.82) is 0 Å². The van der Waals surface area contributed by atoms with Gasteiger partial charge in [-0.15, -0.1) is 0 Å². The van der Waals surface area contributed by atoms with Crippen molar-refractivity contribution in [2.24, 2.45) is 4.99 Å². The molecule has 2 aromatic carbocycles. The van der Waals surface area contributed by atoms with Crippen LogP contribution in [0, 0.1) is 24.0 Å². The number of halogens is 1. The lowest BCUT2D eigenvalue weighted by molar-refractivity contribution is -0.391. The second-order valence-corrected chi connectivity index (χ2v) is 5.90. The molecule has 0 atom stereocenters. The van der Waals surface area contributed by atoms with E-state index in [2.05, 4.69) is 10.1 Å². The lowest BCUT2D eigenvalue weighted by Gasteiger charge is -2.01. The van der Waals surface area contributed by atoms with Gasteiger partial charge in [0.15, 0.2) is 0 Å². The van der Waals surface area contributed by atoms with E-state index in [1.807, 2.05) is 13.0 Å². The summed E-state index contributed by atoms with van der Waals surface area (Å²) in [6.07, 6.45) is 0. The van der Waals surface area contributed by atoms with Crippen LogP contribution in [-0.2, 0) is 0 Å². The van der Waals surface area contributed by atoms with Crippen molar-refractivity contribution >= 4 is 23.1 Å². The van der Waals surface area contributed by atoms with Crippen LogP contribution in [0.15, 0.2) is 47.5 Å². The summed E-state index contributed by atoms with van der Waals surface area (Å²) in [5.41, 5.74) is 2.25. The van der Waals surface area contributed by atoms with E-state index in [1.165, 1.54) is 0 Å². The fourth-order valence-electron chi connectivity index (χ4n) is 2.31. The van der Waals surface area contributed by atoms with Crippen molar-refractivity contribution < 1.29 is 10.1 Å². The van der Waals surface area contributed by atoms with Crippen LogP contribution in [0.25, 0.3) is 5.69 Å². The van der Waals surface area contributed by atoms with E-state index in [-0.39, 0.29) is 5.49 Å². The Bertz CT molecular complexity index is 1040. The van der Waals surface area contributed by atoms with Crippen LogP contribution in [-0.4, -0.2) is 24.9 Å². The molecule has 128 valence electrons. The lowest BCUT2D eigenvalue weighted by Crippen LogP contribution is -2.22. The van der Waals surface area contributed by atoms with Crippen molar-refractivity contribution in [1.82, 2.24) is 14.7 Å². The molecule has 0 aliphatic rings. The smallest absolute Gasteiger partial charge is 0.409 e. The van der Waals surface area contributed by atoms with Gasteiger partial charge in [0.25, 0.3) is 5.49 Å². The van der Waals surface area contributed by atoms with Crippen LogP contribution < -0.4 is 5.49 Å². The van der Waals surface area contributed by atoms with Crippen LogP contribution in [0.1, 0.15) is 11.1 Å². The third kappa shape index (κ3) is 3.24. The summed E-state index contributed by atoms with van der Waals surface area (Å²) in [5.74, 6) is -0.566. The fraction of sp³-hybridized carbons (Fsp3) is 0.125. The van der Waals surface area contributed by atoms with Crippen molar-refractivity contribution in [3.63, 3.8) is 0 Å². The summed E-state index contributed by atoms with van der Waals surface area (Å²) >= 11 is 5.96. The van der Waals surface area contributed by atoms with Gasteiger partial charge < -0.3 is 15.3 Å². The molecule has 0 saturated heterocycles. The first-order valence-electron chi connectivity index (χ1n) is 7.31. The van der Waals surface area contributed by atoms with Gasteiger partial charge in [-0.3, -0.25) is 0 Å². The van der Waals surface area contributed by atoms with Crippen LogP contribution in [0.5, 0.6) is 0 Å². The maximum absolute atomic E-state index is 11.3. The summed E-state index contributed by atoms with van der Waals surface area (Å²) in [6, 6.07) is 12.0. The van der Waals surface area contributed by atoms with Crippen LogP contribution in [0.3, 0.4) is 0 Å². The minimum atomic E-state index is -0.697. The van der Waals surface area contributed by atoms with Gasteiger partial charge in [-0.2, -0.15) is 0 Å². The highest BCUT2D eigenvalue weighted by Crippen LogP contribution is 2.23. The summed E-state index contributed by atoms with van der Waals surface area (Å²) < 4.78 is 0. The number of aromatic nitrogens is 3. The lowest BCUT2D eigenvalue weighted by atomic mass is 10.2. The zero-order valence-corrected chi connectivity index (χ0v) is 14.2. The largest absolute Gasteiger partial charge is 0.438 e. The molecule has 1 heterocycles. The highest BCUT2D eigenvalue weighted by molar-refractivity contribution is 6.30. The quantitative estimate of drug-likeness (QED) is 0.440. The normalized spacial score (nSPS) is 11.7. The number of aryl methyl sites for hydroxylation is 2. The molecule has 0 amide bonds. The minimum Gasteiger partial charge on any atom is -0.409 e. The molecular formula is C16H14ClN5O3. The molecule has 0 aliphatic heterocycles. The van der Waals surface area contributed by atoms with E-state index in [1.54, 1.807) is 43.3 Å². The van der Waals surface area contributed by atoms with Crippen LogP contribution in [0.4, 0.5) is 11.5 Å². The first-order valence-corrected chi connectivity index (χ1v) is 7.68. The molecule has 0 fully saturated rings. The number of benzene rings is 2. The van der Waals surface area contributed by atoms with Crippen LogP contribution >= 0.6 is 11.6 Å². The molecule has 1 aromatic heterocycles. The zero-order valence-electron chi connectivity index (χ0n) is 13.4. The average Bonchev–Trinajstić information content (AvgIpc) is 2.88. The summed E-state index contributed by atoms with van der Waals surface area (Å²) in [7, 11) is 0. The van der Waals surface area contributed by atoms with E-state index >= 15 is 0 Å². The Labute approximate surface area is 147 Å². The number of hydrogen-bond acceptors (Lipinski definition) is 5. The highest BCUT2D eigenvalue weighted by Gasteiger charge is 2.24. The van der Waals surface area contributed by atoms with Gasteiger partial charge >= 0.3 is 5.82 Å². The Balaban J connectivity index is 2.28. The summed E-state index contributed by atoms with van der Waals surface area (Å²) in [4.78, 5) is 16.4. The standard InChI is InChI=1S/C16H14ClN5O3/c1-10-4-3-5-13(8-10)20-19-16(22(24)25)15(21(20)23)18-14-9-12(17)7-6-11(14)2/h3-9,23H,1-2H3. The molecular weight excluding hydrogens is 346 g/mol. The molecule has 1 N–H and O–H groups in total. The maximum Gasteiger partial charge on any atom is 0.438 e. The molecule has 0 saturated carbocycles. The first-order chi connectivity index (χ1) is 11.9. The highest BCUT2D eigenvalue weighted by atomic mass is 35.5. The summed E-state index contributed by atoms with van der Waals surface area (Å²) in [5, 5.41) is 26.1. The van der Waals surface area contributed by atoms with Gasteiger partial charge in [0.1, 0.15) is 5.69 Å². The molecule has 0 bridgehead atoms. The molecule has 3 rings (SSSR count). The number of nitrogens with zero attached hydrogens (tertiary/aromatic N) is 5. The molecule has 0 radical (unpaired) electrons. The van der Waals surface area contributed by atoms with Crippen molar-refractivity contribution in [3.05, 3.63) is 74.2 Å². The number of nitro groups is 1. The number of hydrogen-bond donors (Lipinski definition) is 1. The zero-order chi connectivity index (χ0) is 18.1. The van der Waals surface area contributed by atoms with Gasteiger partial charge in [-0.1, -0.05) is 34.6 Å². The average molecular weight is 360 g/mol. The second-order valence-electron chi connectivity index (χ2n) is 5.46. The van der Waals surface area contributed by atoms with Crippen molar-refractivity contribution in [2.45, 2.75) is 13.8 Å². The van der Waals surface area contributed by atoms with E-state index in [0.717, 1.165) is 15.9 Å². The van der Waals surface area contributed by atoms with E-state index in [0.29, 0.717) is 21.2 Å². The van der Waals surface area contributed by atoms with Gasteiger partial charge in [0.2, 0.25) is 0 Å². The third-order valence-electron chi connectivity index (χ3n) is 3.56. The van der Waals surface area contributed by atoms with Gasteiger partial charge in [-0.05, 0) is 59.0 Å². The van der Waals surface area contributed by atoms with Crippen LogP contribution in [0.2, 0.25) is 5.02 Å². The minimum absolute atomic E-state index is 0.295. The van der Waals surface area contributed by atoms with Gasteiger partial charge in [-0.25, -0.2) is 4.99 Å². The fourth-order valence-corrected chi connectivity index (χ4v) is 2.47. The topological polar surface area (TPSA) is 98.5 Å². The van der Waals surface area contributed by atoms with Gasteiger partial charge in [0, 0.05) is 5.02 Å². The monoisotopic (exact) mass is 359 g/mol. The third-order valence-corrected chi connectivity index (χ3v) is 3.80. The van der Waals surface area contributed by atoms with E-state index < -0.39 is 10.7 Å². The van der Waals surface area contributed by atoms with E-state index in [4.69, 9.17) is 11.6 Å². The Morgan fingerprint density at radius 3 is 2.68 bits per heavy atom. The Kier molecular flexibility index (Phi) is 4.28. The molecule has 0 unspecified atom stereocenters. The number of rotatable bonds is 3. The summed E-state index contributed by atoms with van der Waals surface area (Å²) in [6.45, 7) is 3.65. The Hall–Kier alpha value is -3.13. The SMILES string of the molecule is Cc1cccc(-n2nc([N+](=O)[O-])c(=Nc3cc(Cl)ccc3C)n2O)c1. The first kappa shape index (κ1) is 16.7. The Morgan fingerprint density at radius 1 is 1.24 bits per heavy atom. The Morgan fingerprint density at radius 2 is 2.00 bits per heavy atom. The predicted molar refractivity (Wildman–Crippen MR) is 91.5 cm³/mol. The molecule has 25 heavy (non-hydrogen) atoms. The van der Waals surface area contributed by atoms with Gasteiger partial charge in [0.05, 0.1) is 10.8 Å². The molecule has 0 aliphatic carbocycles. The van der Waals surface area contributed by atoms with E-state index in [9.17, 15) is 15.3 Å². The van der Waals surface area contributed by atoms with Crippen molar-refractivity contribution in [2.75, 3.05) is 0 Å².